The van der Waals surface area contributed by atoms with Crippen molar-refractivity contribution in [3.63, 3.8) is 0 Å². The summed E-state index contributed by atoms with van der Waals surface area (Å²) in [4.78, 5) is 33.3. The topological polar surface area (TPSA) is 97.6 Å². The average molecular weight is 441 g/mol. The van der Waals surface area contributed by atoms with Crippen LogP contribution in [0.4, 0.5) is 5.69 Å². The second kappa shape index (κ2) is 9.78. The molecule has 1 atom stereocenters. The molecule has 0 fully saturated rings. The minimum absolute atomic E-state index is 0.314. The molecule has 0 aliphatic heterocycles. The Morgan fingerprint density at radius 2 is 1.85 bits per heavy atom. The molecule has 0 saturated heterocycles. The van der Waals surface area contributed by atoms with Gasteiger partial charge in [0, 0.05) is 35.9 Å². The van der Waals surface area contributed by atoms with Crippen LogP contribution in [0.5, 0.6) is 5.75 Å². The predicted molar refractivity (Wildman–Crippen MR) is 127 cm³/mol. The number of carbonyl (C=O) groups excluding carboxylic acids is 2. The third-order valence-corrected chi connectivity index (χ3v) is 4.98. The van der Waals surface area contributed by atoms with Crippen LogP contribution in [-0.2, 0) is 9.59 Å². The molecule has 1 unspecified atom stereocenters. The van der Waals surface area contributed by atoms with Gasteiger partial charge in [-0.05, 0) is 48.9 Å². The zero-order chi connectivity index (χ0) is 23.2. The highest BCUT2D eigenvalue weighted by atomic mass is 16.5. The standard InChI is InChI=1S/C25H23N5O3/c1-17(27-23(31)13-6-18-4-11-21(33-2)12-5-18)24(32)28-20-9-7-19(8-10-20)22-16-30-15-3-14-26-25(30)29-22/h3-17H,1-2H3,(H,27,31)(H,28,32)/b13-6+. The van der Waals surface area contributed by atoms with E-state index in [2.05, 4.69) is 20.6 Å². The second-order valence-corrected chi connectivity index (χ2v) is 7.36. The zero-order valence-corrected chi connectivity index (χ0v) is 18.2. The Labute approximate surface area is 191 Å². The first-order valence-corrected chi connectivity index (χ1v) is 10.4. The van der Waals surface area contributed by atoms with Gasteiger partial charge in [0.2, 0.25) is 17.6 Å². The number of hydrogen-bond acceptors (Lipinski definition) is 5. The fourth-order valence-corrected chi connectivity index (χ4v) is 3.16. The molecule has 2 N–H and O–H groups in total. The van der Waals surface area contributed by atoms with Crippen LogP contribution in [0.2, 0.25) is 0 Å². The Morgan fingerprint density at radius 1 is 1.09 bits per heavy atom. The summed E-state index contributed by atoms with van der Waals surface area (Å²) in [5, 5.41) is 5.47. The maximum atomic E-state index is 12.5. The lowest BCUT2D eigenvalue weighted by molar-refractivity contribution is -0.123. The van der Waals surface area contributed by atoms with Gasteiger partial charge < -0.3 is 15.4 Å². The van der Waals surface area contributed by atoms with Crippen LogP contribution < -0.4 is 15.4 Å². The maximum absolute atomic E-state index is 12.5. The lowest BCUT2D eigenvalue weighted by Crippen LogP contribution is -2.40. The van der Waals surface area contributed by atoms with Crippen LogP contribution >= 0.6 is 0 Å². The number of aromatic nitrogens is 3. The number of amides is 2. The van der Waals surface area contributed by atoms with Gasteiger partial charge in [-0.3, -0.25) is 14.0 Å². The predicted octanol–water partition coefficient (Wildman–Crippen LogP) is 3.56. The highest BCUT2D eigenvalue weighted by Crippen LogP contribution is 2.21. The van der Waals surface area contributed by atoms with E-state index in [0.29, 0.717) is 11.5 Å². The first kappa shape index (κ1) is 21.8. The van der Waals surface area contributed by atoms with Crippen molar-refractivity contribution in [1.82, 2.24) is 19.7 Å². The van der Waals surface area contributed by atoms with Gasteiger partial charge in [0.05, 0.1) is 12.8 Å². The van der Waals surface area contributed by atoms with Crippen molar-refractivity contribution in [3.8, 4) is 17.0 Å². The van der Waals surface area contributed by atoms with E-state index in [9.17, 15) is 9.59 Å². The van der Waals surface area contributed by atoms with E-state index in [0.717, 1.165) is 22.6 Å². The Kier molecular flexibility index (Phi) is 6.45. The molecular weight excluding hydrogens is 418 g/mol. The summed E-state index contributed by atoms with van der Waals surface area (Å²) >= 11 is 0. The summed E-state index contributed by atoms with van der Waals surface area (Å²) in [5.41, 5.74) is 3.17. The number of anilines is 1. The number of carbonyl (C=O) groups is 2. The number of nitrogens with zero attached hydrogens (tertiary/aromatic N) is 3. The summed E-state index contributed by atoms with van der Waals surface area (Å²) in [6.45, 7) is 1.63. The van der Waals surface area contributed by atoms with Gasteiger partial charge in [0.25, 0.3) is 0 Å². The third kappa shape index (κ3) is 5.43. The first-order chi connectivity index (χ1) is 16.0. The Hall–Kier alpha value is -4.46. The first-order valence-electron chi connectivity index (χ1n) is 10.4. The minimum atomic E-state index is -0.706. The summed E-state index contributed by atoms with van der Waals surface area (Å²) in [6, 6.07) is 15.8. The highest BCUT2D eigenvalue weighted by Gasteiger charge is 2.15. The Morgan fingerprint density at radius 3 is 2.55 bits per heavy atom. The summed E-state index contributed by atoms with van der Waals surface area (Å²) in [6.07, 6.45) is 8.54. The molecular formula is C25H23N5O3. The van der Waals surface area contributed by atoms with Gasteiger partial charge in [0.1, 0.15) is 11.8 Å². The van der Waals surface area contributed by atoms with Crippen molar-refractivity contribution in [2.75, 3.05) is 12.4 Å². The van der Waals surface area contributed by atoms with Crippen molar-refractivity contribution in [1.29, 1.82) is 0 Å². The summed E-state index contributed by atoms with van der Waals surface area (Å²) < 4.78 is 6.96. The fourth-order valence-electron chi connectivity index (χ4n) is 3.16. The van der Waals surface area contributed by atoms with Crippen LogP contribution in [-0.4, -0.2) is 39.3 Å². The number of imidazole rings is 1. The molecule has 0 aliphatic rings. The maximum Gasteiger partial charge on any atom is 0.246 e. The molecule has 33 heavy (non-hydrogen) atoms. The van der Waals surface area contributed by atoms with Crippen molar-refractivity contribution < 1.29 is 14.3 Å². The number of ether oxygens (including phenoxy) is 1. The number of hydrogen-bond donors (Lipinski definition) is 2. The van der Waals surface area contributed by atoms with Crippen LogP contribution in [0.25, 0.3) is 23.1 Å². The molecule has 2 heterocycles. The quantitative estimate of drug-likeness (QED) is 0.428. The molecule has 4 aromatic rings. The van der Waals surface area contributed by atoms with Gasteiger partial charge in [-0.15, -0.1) is 0 Å². The normalized spacial score (nSPS) is 11.9. The number of nitrogens with one attached hydrogen (secondary N) is 2. The second-order valence-electron chi connectivity index (χ2n) is 7.36. The lowest BCUT2D eigenvalue weighted by Gasteiger charge is -2.13. The molecule has 2 aromatic heterocycles. The molecule has 0 spiro atoms. The van der Waals surface area contributed by atoms with E-state index in [1.807, 2.05) is 59.3 Å². The van der Waals surface area contributed by atoms with Gasteiger partial charge in [-0.1, -0.05) is 24.3 Å². The summed E-state index contributed by atoms with van der Waals surface area (Å²) in [5.74, 6) is 0.691. The van der Waals surface area contributed by atoms with Gasteiger partial charge in [-0.2, -0.15) is 0 Å². The van der Waals surface area contributed by atoms with E-state index < -0.39 is 6.04 Å². The van der Waals surface area contributed by atoms with E-state index in [1.54, 1.807) is 38.4 Å². The smallest absolute Gasteiger partial charge is 0.246 e. The van der Waals surface area contributed by atoms with Gasteiger partial charge in [-0.25, -0.2) is 9.97 Å². The van der Waals surface area contributed by atoms with Crippen LogP contribution in [0.3, 0.4) is 0 Å². The molecule has 0 radical (unpaired) electrons. The molecule has 4 rings (SSSR count). The van der Waals surface area contributed by atoms with E-state index in [4.69, 9.17) is 4.74 Å². The lowest BCUT2D eigenvalue weighted by atomic mass is 10.1. The van der Waals surface area contributed by atoms with E-state index >= 15 is 0 Å². The number of methoxy groups -OCH3 is 1. The van der Waals surface area contributed by atoms with Crippen molar-refractivity contribution in [2.24, 2.45) is 0 Å². The number of fused-ring (bicyclic) bond motifs is 1. The molecule has 166 valence electrons. The molecule has 0 aliphatic carbocycles. The van der Waals surface area contributed by atoms with Gasteiger partial charge >= 0.3 is 0 Å². The van der Waals surface area contributed by atoms with Crippen LogP contribution in [0, 0.1) is 0 Å². The SMILES string of the molecule is COc1ccc(/C=C/C(=O)NC(C)C(=O)Nc2ccc(-c3cn4cccnc4n3)cc2)cc1. The Bertz CT molecular complexity index is 1260. The zero-order valence-electron chi connectivity index (χ0n) is 18.2. The number of rotatable bonds is 7. The third-order valence-electron chi connectivity index (χ3n) is 4.98. The molecule has 8 nitrogen and oxygen atoms in total. The minimum Gasteiger partial charge on any atom is -0.497 e. The Balaban J connectivity index is 1.32. The van der Waals surface area contributed by atoms with Crippen molar-refractivity contribution in [3.05, 3.63) is 84.8 Å². The van der Waals surface area contributed by atoms with Gasteiger partial charge in [0.15, 0.2) is 0 Å². The van der Waals surface area contributed by atoms with Crippen LogP contribution in [0.15, 0.2) is 79.3 Å². The van der Waals surface area contributed by atoms with E-state index in [1.165, 1.54) is 6.08 Å². The largest absolute Gasteiger partial charge is 0.497 e. The average Bonchev–Trinajstić information content (AvgIpc) is 3.28. The number of benzene rings is 2. The summed E-state index contributed by atoms with van der Waals surface area (Å²) in [7, 11) is 1.60. The monoisotopic (exact) mass is 441 g/mol. The molecule has 2 aromatic carbocycles. The van der Waals surface area contributed by atoms with Crippen molar-refractivity contribution in [2.45, 2.75) is 13.0 Å². The fraction of sp³-hybridized carbons (Fsp3) is 0.120. The molecule has 0 saturated carbocycles. The van der Waals surface area contributed by atoms with E-state index in [-0.39, 0.29) is 11.8 Å². The molecule has 2 amide bonds. The molecule has 0 bridgehead atoms. The highest BCUT2D eigenvalue weighted by molar-refractivity contribution is 5.99. The molecule has 8 heteroatoms. The van der Waals surface area contributed by atoms with Crippen molar-refractivity contribution >= 4 is 29.4 Å². The van der Waals surface area contributed by atoms with Crippen LogP contribution in [0.1, 0.15) is 12.5 Å².